The number of nitrogens with zero attached hydrogens (tertiary/aromatic N) is 2. The normalized spacial score (nSPS) is 20.3. The molecule has 3 nitrogen and oxygen atoms in total. The van der Waals surface area contributed by atoms with Crippen LogP contribution in [-0.4, -0.2) is 15.1 Å². The lowest BCUT2D eigenvalue weighted by atomic mass is 9.82. The maximum Gasteiger partial charge on any atom is 0.0945 e. The molecule has 72 valence electrons. The fourth-order valence-corrected chi connectivity index (χ4v) is 2.17. The van der Waals surface area contributed by atoms with Gasteiger partial charge in [0.15, 0.2) is 0 Å². The molecule has 1 aromatic heterocycles. The summed E-state index contributed by atoms with van der Waals surface area (Å²) in [6.45, 7) is 4.21. The summed E-state index contributed by atoms with van der Waals surface area (Å²) >= 11 is 0. The summed E-state index contributed by atoms with van der Waals surface area (Å²) in [5, 5.41) is 0. The fraction of sp³-hybridized carbons (Fsp3) is 0.700. The highest BCUT2D eigenvalue weighted by atomic mass is 15.0. The quantitative estimate of drug-likeness (QED) is 0.741. The smallest absolute Gasteiger partial charge is 0.0945 e. The minimum absolute atomic E-state index is 0.138. The molecule has 1 saturated carbocycles. The van der Waals surface area contributed by atoms with E-state index in [-0.39, 0.29) is 11.0 Å². The van der Waals surface area contributed by atoms with Gasteiger partial charge in [-0.25, -0.2) is 4.98 Å². The van der Waals surface area contributed by atoms with Gasteiger partial charge in [0.2, 0.25) is 0 Å². The van der Waals surface area contributed by atoms with Gasteiger partial charge >= 0.3 is 0 Å². The maximum atomic E-state index is 6.19. The molecule has 0 spiro atoms. The van der Waals surface area contributed by atoms with E-state index >= 15 is 0 Å². The first-order valence-electron chi connectivity index (χ1n) is 4.73. The van der Waals surface area contributed by atoms with E-state index in [4.69, 9.17) is 5.73 Å². The predicted octanol–water partition coefficient (Wildman–Crippen LogP) is 1.19. The number of aromatic nitrogens is 2. The van der Waals surface area contributed by atoms with E-state index in [0.717, 1.165) is 0 Å². The van der Waals surface area contributed by atoms with Crippen molar-refractivity contribution in [2.75, 3.05) is 0 Å². The molecule has 0 atom stereocenters. The second-order valence-corrected chi connectivity index (χ2v) is 4.69. The Bertz CT molecular complexity index is 315. The van der Waals surface area contributed by atoms with Crippen molar-refractivity contribution in [3.63, 3.8) is 0 Å². The highest BCUT2D eigenvalue weighted by Gasteiger charge is 2.55. The van der Waals surface area contributed by atoms with Crippen molar-refractivity contribution in [3.8, 4) is 0 Å². The molecule has 3 heteroatoms. The summed E-state index contributed by atoms with van der Waals surface area (Å²) in [6.07, 6.45) is 6.18. The van der Waals surface area contributed by atoms with Crippen LogP contribution in [0.3, 0.4) is 0 Å². The Morgan fingerprint density at radius 3 is 2.46 bits per heavy atom. The molecule has 13 heavy (non-hydrogen) atoms. The highest BCUT2D eigenvalue weighted by molar-refractivity contribution is 5.30. The standard InChI is InChI=1S/C10H17N3/c1-9(2,11)10(4-5-10)8-6-12-7-13(8)3/h6-7H,4-5,11H2,1-3H3. The van der Waals surface area contributed by atoms with Gasteiger partial charge in [-0.3, -0.25) is 0 Å². The molecule has 0 radical (unpaired) electrons. The number of hydrogen-bond donors (Lipinski definition) is 1. The third kappa shape index (κ3) is 1.10. The van der Waals surface area contributed by atoms with E-state index in [0.29, 0.717) is 0 Å². The summed E-state index contributed by atoms with van der Waals surface area (Å²) in [4.78, 5) is 4.15. The van der Waals surface area contributed by atoms with E-state index in [1.54, 1.807) is 0 Å². The molecule has 1 heterocycles. The van der Waals surface area contributed by atoms with E-state index in [1.165, 1.54) is 18.5 Å². The number of hydrogen-bond acceptors (Lipinski definition) is 2. The largest absolute Gasteiger partial charge is 0.337 e. The summed E-state index contributed by atoms with van der Waals surface area (Å²) in [5.41, 5.74) is 7.51. The molecule has 0 aliphatic heterocycles. The summed E-state index contributed by atoms with van der Waals surface area (Å²) in [6, 6.07) is 0. The lowest BCUT2D eigenvalue weighted by molar-refractivity contribution is 0.376. The van der Waals surface area contributed by atoms with Gasteiger partial charge in [0.05, 0.1) is 6.33 Å². The minimum atomic E-state index is -0.138. The molecular weight excluding hydrogens is 162 g/mol. The van der Waals surface area contributed by atoms with Gasteiger partial charge in [0.1, 0.15) is 0 Å². The fourth-order valence-electron chi connectivity index (χ4n) is 2.17. The minimum Gasteiger partial charge on any atom is -0.337 e. The first-order chi connectivity index (χ1) is 5.97. The Labute approximate surface area is 79.0 Å². The number of nitrogens with two attached hydrogens (primary N) is 1. The molecule has 1 aliphatic carbocycles. The van der Waals surface area contributed by atoms with Crippen LogP contribution in [0, 0.1) is 0 Å². The Morgan fingerprint density at radius 2 is 2.15 bits per heavy atom. The average molecular weight is 179 g/mol. The van der Waals surface area contributed by atoms with Crippen molar-refractivity contribution in [1.29, 1.82) is 0 Å². The zero-order valence-electron chi connectivity index (χ0n) is 8.54. The summed E-state index contributed by atoms with van der Waals surface area (Å²) in [7, 11) is 2.04. The second-order valence-electron chi connectivity index (χ2n) is 4.69. The summed E-state index contributed by atoms with van der Waals surface area (Å²) < 4.78 is 2.08. The molecule has 2 N–H and O–H groups in total. The van der Waals surface area contributed by atoms with Crippen LogP contribution in [0.2, 0.25) is 0 Å². The second kappa shape index (κ2) is 2.35. The van der Waals surface area contributed by atoms with E-state index in [9.17, 15) is 0 Å². The van der Waals surface area contributed by atoms with Gasteiger partial charge < -0.3 is 10.3 Å². The van der Waals surface area contributed by atoms with Crippen molar-refractivity contribution in [3.05, 3.63) is 18.2 Å². The first-order valence-corrected chi connectivity index (χ1v) is 4.73. The number of aryl methyl sites for hydroxylation is 1. The van der Waals surface area contributed by atoms with Gasteiger partial charge in [-0.05, 0) is 26.7 Å². The molecule has 0 aromatic carbocycles. The predicted molar refractivity (Wildman–Crippen MR) is 52.4 cm³/mol. The monoisotopic (exact) mass is 179 g/mol. The summed E-state index contributed by atoms with van der Waals surface area (Å²) in [5.74, 6) is 0. The maximum absolute atomic E-state index is 6.19. The molecular formula is C10H17N3. The molecule has 1 aliphatic rings. The van der Waals surface area contributed by atoms with Crippen LogP contribution >= 0.6 is 0 Å². The Kier molecular flexibility index (Phi) is 1.58. The van der Waals surface area contributed by atoms with E-state index < -0.39 is 0 Å². The third-order valence-electron chi connectivity index (χ3n) is 3.29. The van der Waals surface area contributed by atoms with E-state index in [1.807, 2.05) is 19.6 Å². The van der Waals surface area contributed by atoms with Crippen molar-refractivity contribution < 1.29 is 0 Å². The van der Waals surface area contributed by atoms with Crippen LogP contribution in [0.25, 0.3) is 0 Å². The van der Waals surface area contributed by atoms with Crippen molar-refractivity contribution in [2.45, 2.75) is 37.6 Å². The van der Waals surface area contributed by atoms with Gasteiger partial charge in [-0.1, -0.05) is 0 Å². The molecule has 2 rings (SSSR count). The van der Waals surface area contributed by atoms with Gasteiger partial charge in [0, 0.05) is 29.9 Å². The van der Waals surface area contributed by atoms with Gasteiger partial charge in [0.25, 0.3) is 0 Å². The highest BCUT2D eigenvalue weighted by Crippen LogP contribution is 2.54. The zero-order chi connectivity index (χ0) is 9.69. The molecule has 0 unspecified atom stereocenters. The van der Waals surface area contributed by atoms with Crippen LogP contribution < -0.4 is 5.73 Å². The Balaban J connectivity index is 2.42. The Morgan fingerprint density at radius 1 is 1.54 bits per heavy atom. The topological polar surface area (TPSA) is 43.8 Å². The van der Waals surface area contributed by atoms with Crippen molar-refractivity contribution in [1.82, 2.24) is 9.55 Å². The van der Waals surface area contributed by atoms with Crippen LogP contribution in [0.1, 0.15) is 32.4 Å². The van der Waals surface area contributed by atoms with Crippen LogP contribution in [0.15, 0.2) is 12.5 Å². The molecule has 1 fully saturated rings. The third-order valence-corrected chi connectivity index (χ3v) is 3.29. The van der Waals surface area contributed by atoms with Gasteiger partial charge in [-0.2, -0.15) is 0 Å². The zero-order valence-corrected chi connectivity index (χ0v) is 8.54. The molecule has 0 amide bonds. The van der Waals surface area contributed by atoms with E-state index in [2.05, 4.69) is 23.4 Å². The van der Waals surface area contributed by atoms with Crippen molar-refractivity contribution >= 4 is 0 Å². The van der Waals surface area contributed by atoms with Gasteiger partial charge in [-0.15, -0.1) is 0 Å². The Hall–Kier alpha value is -0.830. The SMILES string of the molecule is Cn1cncc1C1(C(C)(C)N)CC1. The first kappa shape index (κ1) is 8.75. The number of rotatable bonds is 2. The lowest BCUT2D eigenvalue weighted by Gasteiger charge is -2.30. The number of imidazole rings is 1. The van der Waals surface area contributed by atoms with Crippen LogP contribution in [-0.2, 0) is 12.5 Å². The molecule has 1 aromatic rings. The molecule has 0 saturated heterocycles. The lowest BCUT2D eigenvalue weighted by Crippen LogP contribution is -2.46. The van der Waals surface area contributed by atoms with Crippen molar-refractivity contribution in [2.24, 2.45) is 12.8 Å². The average Bonchev–Trinajstić information content (AvgIpc) is 2.70. The van der Waals surface area contributed by atoms with Crippen LogP contribution in [0.4, 0.5) is 0 Å². The molecule has 0 bridgehead atoms. The van der Waals surface area contributed by atoms with Crippen LogP contribution in [0.5, 0.6) is 0 Å².